The van der Waals surface area contributed by atoms with Crippen LogP contribution in [0.3, 0.4) is 0 Å². The third kappa shape index (κ3) is 2.65. The van der Waals surface area contributed by atoms with E-state index in [1.54, 1.807) is 11.3 Å². The minimum atomic E-state index is 0.689. The van der Waals surface area contributed by atoms with Crippen LogP contribution in [0.2, 0.25) is 0 Å². The van der Waals surface area contributed by atoms with E-state index in [-0.39, 0.29) is 0 Å². The van der Waals surface area contributed by atoms with Crippen molar-refractivity contribution in [2.45, 2.75) is 30.1 Å². The first-order valence-corrected chi connectivity index (χ1v) is 6.31. The molecule has 0 radical (unpaired) electrons. The van der Waals surface area contributed by atoms with Gasteiger partial charge in [0, 0.05) is 11.8 Å². The van der Waals surface area contributed by atoms with E-state index >= 15 is 0 Å². The van der Waals surface area contributed by atoms with E-state index in [9.17, 15) is 0 Å². The minimum Gasteiger partial charge on any atom is -0.313 e. The molecule has 1 N–H and O–H groups in total. The Morgan fingerprint density at radius 3 is 3.15 bits per heavy atom. The normalized spacial score (nSPS) is 22.4. The fraction of sp³-hybridized carbons (Fsp3) is 0.750. The second-order valence-electron chi connectivity index (χ2n) is 3.19. The highest BCUT2D eigenvalue weighted by Crippen LogP contribution is 2.24. The SMILES string of the molecule is Cc1nnc(SCC2CCCN2)s1. The molecule has 3 nitrogen and oxygen atoms in total. The van der Waals surface area contributed by atoms with Crippen molar-refractivity contribution in [3.05, 3.63) is 5.01 Å². The molecule has 13 heavy (non-hydrogen) atoms. The predicted molar refractivity (Wildman–Crippen MR) is 56.4 cm³/mol. The van der Waals surface area contributed by atoms with Gasteiger partial charge in [-0.25, -0.2) is 0 Å². The van der Waals surface area contributed by atoms with Crippen LogP contribution in [0, 0.1) is 6.92 Å². The lowest BCUT2D eigenvalue weighted by Gasteiger charge is -2.06. The Balaban J connectivity index is 1.78. The van der Waals surface area contributed by atoms with Gasteiger partial charge in [-0.1, -0.05) is 23.1 Å². The summed E-state index contributed by atoms with van der Waals surface area (Å²) in [6.45, 7) is 3.18. The van der Waals surface area contributed by atoms with Gasteiger partial charge in [0.2, 0.25) is 0 Å². The Morgan fingerprint density at radius 1 is 1.62 bits per heavy atom. The smallest absolute Gasteiger partial charge is 0.174 e. The van der Waals surface area contributed by atoms with Gasteiger partial charge in [-0.05, 0) is 26.3 Å². The van der Waals surface area contributed by atoms with Crippen LogP contribution in [0.4, 0.5) is 0 Å². The molecule has 2 heterocycles. The summed E-state index contributed by atoms with van der Waals surface area (Å²) in [5.41, 5.74) is 0. The van der Waals surface area contributed by atoms with E-state index in [4.69, 9.17) is 0 Å². The summed E-state index contributed by atoms with van der Waals surface area (Å²) >= 11 is 3.50. The first-order valence-electron chi connectivity index (χ1n) is 4.51. The molecule has 0 spiro atoms. The molecule has 1 fully saturated rings. The highest BCUT2D eigenvalue weighted by molar-refractivity contribution is 8.01. The van der Waals surface area contributed by atoms with Gasteiger partial charge >= 0.3 is 0 Å². The van der Waals surface area contributed by atoms with Crippen LogP contribution in [-0.4, -0.2) is 28.5 Å². The van der Waals surface area contributed by atoms with Gasteiger partial charge in [-0.2, -0.15) is 0 Å². The van der Waals surface area contributed by atoms with Gasteiger partial charge < -0.3 is 5.32 Å². The van der Waals surface area contributed by atoms with Gasteiger partial charge in [0.05, 0.1) is 0 Å². The van der Waals surface area contributed by atoms with Crippen LogP contribution in [0.25, 0.3) is 0 Å². The van der Waals surface area contributed by atoms with Crippen LogP contribution < -0.4 is 5.32 Å². The molecule has 1 aromatic rings. The number of hydrogen-bond donors (Lipinski definition) is 1. The number of thioether (sulfide) groups is 1. The average Bonchev–Trinajstić information content (AvgIpc) is 2.71. The Labute approximate surface area is 86.3 Å². The molecule has 1 saturated heterocycles. The second-order valence-corrected chi connectivity index (χ2v) is 5.64. The molecular weight excluding hydrogens is 202 g/mol. The zero-order chi connectivity index (χ0) is 9.10. The zero-order valence-corrected chi connectivity index (χ0v) is 9.25. The van der Waals surface area contributed by atoms with Gasteiger partial charge in [0.1, 0.15) is 5.01 Å². The van der Waals surface area contributed by atoms with E-state index < -0.39 is 0 Å². The molecule has 1 aliphatic rings. The lowest BCUT2D eigenvalue weighted by molar-refractivity contribution is 0.674. The lowest BCUT2D eigenvalue weighted by atomic mass is 10.3. The van der Waals surface area contributed by atoms with Crippen molar-refractivity contribution >= 4 is 23.1 Å². The van der Waals surface area contributed by atoms with Crippen LogP contribution in [0.15, 0.2) is 4.34 Å². The molecule has 0 aliphatic carbocycles. The maximum atomic E-state index is 4.08. The van der Waals surface area contributed by atoms with Crippen molar-refractivity contribution in [2.75, 3.05) is 12.3 Å². The summed E-state index contributed by atoms with van der Waals surface area (Å²) in [6.07, 6.45) is 2.63. The summed E-state index contributed by atoms with van der Waals surface area (Å²) in [6, 6.07) is 0.689. The van der Waals surface area contributed by atoms with Crippen molar-refractivity contribution in [1.29, 1.82) is 0 Å². The van der Waals surface area contributed by atoms with Gasteiger partial charge in [0.15, 0.2) is 4.34 Å². The molecule has 1 unspecified atom stereocenters. The number of nitrogens with zero attached hydrogens (tertiary/aromatic N) is 2. The zero-order valence-electron chi connectivity index (χ0n) is 7.62. The standard InChI is InChI=1S/C8H13N3S2/c1-6-10-11-8(13-6)12-5-7-3-2-4-9-7/h7,9H,2-5H2,1H3. The summed E-state index contributed by atoms with van der Waals surface area (Å²) in [5, 5.41) is 12.6. The Morgan fingerprint density at radius 2 is 2.54 bits per heavy atom. The van der Waals surface area contributed by atoms with Crippen molar-refractivity contribution in [1.82, 2.24) is 15.5 Å². The average molecular weight is 215 g/mol. The first-order chi connectivity index (χ1) is 6.34. The molecule has 1 aliphatic heterocycles. The fourth-order valence-corrected chi connectivity index (χ4v) is 3.35. The quantitative estimate of drug-likeness (QED) is 0.779. The molecule has 5 heteroatoms. The maximum Gasteiger partial charge on any atom is 0.174 e. The van der Waals surface area contributed by atoms with Crippen LogP contribution in [-0.2, 0) is 0 Å². The van der Waals surface area contributed by atoms with Crippen LogP contribution in [0.1, 0.15) is 17.8 Å². The van der Waals surface area contributed by atoms with Crippen LogP contribution in [0.5, 0.6) is 0 Å². The predicted octanol–water partition coefficient (Wildman–Crippen LogP) is 1.69. The highest BCUT2D eigenvalue weighted by Gasteiger charge is 2.14. The summed E-state index contributed by atoms with van der Waals surface area (Å²) in [4.78, 5) is 0. The topological polar surface area (TPSA) is 37.8 Å². The first kappa shape index (κ1) is 9.43. The molecule has 1 atom stereocenters. The molecule has 72 valence electrons. The largest absolute Gasteiger partial charge is 0.313 e. The van der Waals surface area contributed by atoms with Crippen molar-refractivity contribution < 1.29 is 0 Å². The number of aromatic nitrogens is 2. The van der Waals surface area contributed by atoms with Gasteiger partial charge in [-0.3, -0.25) is 0 Å². The van der Waals surface area contributed by atoms with Crippen LogP contribution >= 0.6 is 23.1 Å². The molecule has 1 aromatic heterocycles. The summed E-state index contributed by atoms with van der Waals surface area (Å²) < 4.78 is 1.10. The monoisotopic (exact) mass is 215 g/mol. The summed E-state index contributed by atoms with van der Waals surface area (Å²) in [5.74, 6) is 1.13. The van der Waals surface area contributed by atoms with E-state index in [0.29, 0.717) is 6.04 Å². The number of nitrogens with one attached hydrogen (secondary N) is 1. The lowest BCUT2D eigenvalue weighted by Crippen LogP contribution is -2.23. The minimum absolute atomic E-state index is 0.689. The fourth-order valence-electron chi connectivity index (χ4n) is 1.41. The Hall–Kier alpha value is -0.130. The highest BCUT2D eigenvalue weighted by atomic mass is 32.2. The molecule has 0 saturated carbocycles. The third-order valence-electron chi connectivity index (χ3n) is 2.08. The van der Waals surface area contributed by atoms with Gasteiger partial charge in [0.25, 0.3) is 0 Å². The summed E-state index contributed by atoms with van der Waals surface area (Å²) in [7, 11) is 0. The van der Waals surface area contributed by atoms with Crippen molar-refractivity contribution in [3.63, 3.8) is 0 Å². The van der Waals surface area contributed by atoms with E-state index in [1.807, 2.05) is 18.7 Å². The number of aryl methyl sites for hydroxylation is 1. The van der Waals surface area contributed by atoms with E-state index in [0.717, 1.165) is 15.1 Å². The Bertz CT molecular complexity index is 268. The molecule has 2 rings (SSSR count). The molecule has 0 aromatic carbocycles. The van der Waals surface area contributed by atoms with Crippen molar-refractivity contribution in [2.24, 2.45) is 0 Å². The van der Waals surface area contributed by atoms with E-state index in [1.165, 1.54) is 19.4 Å². The molecular formula is C8H13N3S2. The maximum absolute atomic E-state index is 4.08. The third-order valence-corrected chi connectivity index (χ3v) is 4.21. The molecule has 0 bridgehead atoms. The number of hydrogen-bond acceptors (Lipinski definition) is 5. The number of rotatable bonds is 3. The Kier molecular flexibility index (Phi) is 3.18. The van der Waals surface area contributed by atoms with Gasteiger partial charge in [-0.15, -0.1) is 10.2 Å². The van der Waals surface area contributed by atoms with E-state index in [2.05, 4.69) is 15.5 Å². The second kappa shape index (κ2) is 4.39. The van der Waals surface area contributed by atoms with Crippen molar-refractivity contribution in [3.8, 4) is 0 Å². The molecule has 0 amide bonds.